The van der Waals surface area contributed by atoms with Crippen LogP contribution in [0.5, 0.6) is 0 Å². The number of aryl methyl sites for hydroxylation is 2. The highest BCUT2D eigenvalue weighted by molar-refractivity contribution is 5.31. The van der Waals surface area contributed by atoms with Crippen LogP contribution >= 0.6 is 0 Å². The second kappa shape index (κ2) is 4.49. The number of aliphatic hydroxyl groups is 1. The van der Waals surface area contributed by atoms with Crippen molar-refractivity contribution in [1.29, 1.82) is 0 Å². The highest BCUT2D eigenvalue weighted by atomic mass is 16.3. The van der Waals surface area contributed by atoms with Crippen molar-refractivity contribution in [2.24, 2.45) is 0 Å². The van der Waals surface area contributed by atoms with E-state index in [2.05, 4.69) is 42.0 Å². The monoisotopic (exact) mass is 216 g/mol. The smallest absolute Gasteiger partial charge is 0.110 e. The van der Waals surface area contributed by atoms with Crippen molar-refractivity contribution in [1.82, 2.24) is 9.97 Å². The average Bonchev–Trinajstić information content (AvgIpc) is 2.71. The molecule has 1 aromatic carbocycles. The molecule has 0 saturated carbocycles. The summed E-state index contributed by atoms with van der Waals surface area (Å²) >= 11 is 0. The molecular formula is C13H16N2O. The predicted molar refractivity (Wildman–Crippen MR) is 63.2 cm³/mol. The zero-order chi connectivity index (χ0) is 11.5. The van der Waals surface area contributed by atoms with E-state index in [1.165, 1.54) is 16.7 Å². The van der Waals surface area contributed by atoms with E-state index in [4.69, 9.17) is 5.11 Å². The van der Waals surface area contributed by atoms with Crippen molar-refractivity contribution in [3.05, 3.63) is 52.6 Å². The number of nitrogens with one attached hydrogen (secondary N) is 1. The number of benzene rings is 1. The van der Waals surface area contributed by atoms with E-state index in [-0.39, 0.29) is 6.61 Å². The van der Waals surface area contributed by atoms with Crippen LogP contribution in [-0.2, 0) is 13.0 Å². The fourth-order valence-electron chi connectivity index (χ4n) is 1.68. The maximum Gasteiger partial charge on any atom is 0.110 e. The van der Waals surface area contributed by atoms with E-state index in [1.807, 2.05) is 0 Å². The van der Waals surface area contributed by atoms with Crippen LogP contribution in [0.15, 0.2) is 24.4 Å². The molecule has 1 heterocycles. The quantitative estimate of drug-likeness (QED) is 0.825. The molecule has 2 rings (SSSR count). The summed E-state index contributed by atoms with van der Waals surface area (Å²) in [6.07, 6.45) is 2.46. The average molecular weight is 216 g/mol. The van der Waals surface area contributed by atoms with Gasteiger partial charge in [0.15, 0.2) is 0 Å². The predicted octanol–water partition coefficient (Wildman–Crippen LogP) is 2.11. The van der Waals surface area contributed by atoms with Gasteiger partial charge < -0.3 is 10.1 Å². The summed E-state index contributed by atoms with van der Waals surface area (Å²) in [7, 11) is 0. The lowest BCUT2D eigenvalue weighted by molar-refractivity contribution is 0.277. The highest BCUT2D eigenvalue weighted by Crippen LogP contribution is 2.12. The maximum absolute atomic E-state index is 8.93. The summed E-state index contributed by atoms with van der Waals surface area (Å²) in [6, 6.07) is 6.42. The van der Waals surface area contributed by atoms with Crippen LogP contribution in [-0.4, -0.2) is 15.1 Å². The van der Waals surface area contributed by atoms with Crippen LogP contribution in [0.4, 0.5) is 0 Å². The van der Waals surface area contributed by atoms with Crippen LogP contribution < -0.4 is 0 Å². The largest absolute Gasteiger partial charge is 0.390 e. The van der Waals surface area contributed by atoms with Gasteiger partial charge in [-0.15, -0.1) is 0 Å². The summed E-state index contributed by atoms with van der Waals surface area (Å²) in [4.78, 5) is 7.30. The molecule has 3 nitrogen and oxygen atoms in total. The summed E-state index contributed by atoms with van der Waals surface area (Å²) in [5, 5.41) is 8.93. The third-order valence-corrected chi connectivity index (χ3v) is 2.79. The first-order valence-corrected chi connectivity index (χ1v) is 5.39. The molecule has 2 N–H and O–H groups in total. The fraction of sp³-hybridized carbons (Fsp3) is 0.308. The molecule has 0 unspecified atom stereocenters. The Hall–Kier alpha value is -1.61. The summed E-state index contributed by atoms with van der Waals surface area (Å²) in [5.74, 6) is 0.896. The second-order valence-electron chi connectivity index (χ2n) is 4.11. The Morgan fingerprint density at radius 3 is 2.69 bits per heavy atom. The maximum atomic E-state index is 8.93. The molecule has 0 aliphatic rings. The number of hydrogen-bond acceptors (Lipinski definition) is 2. The van der Waals surface area contributed by atoms with Gasteiger partial charge in [-0.2, -0.15) is 0 Å². The molecule has 2 aromatic rings. The molecule has 0 radical (unpaired) electrons. The van der Waals surface area contributed by atoms with Crippen LogP contribution in [0.2, 0.25) is 0 Å². The van der Waals surface area contributed by atoms with E-state index < -0.39 is 0 Å². The number of rotatable bonds is 3. The van der Waals surface area contributed by atoms with Crippen LogP contribution in [0.25, 0.3) is 0 Å². The van der Waals surface area contributed by atoms with E-state index in [0.29, 0.717) is 0 Å². The lowest BCUT2D eigenvalue weighted by atomic mass is 10.0. The van der Waals surface area contributed by atoms with Crippen molar-refractivity contribution >= 4 is 0 Å². The van der Waals surface area contributed by atoms with Gasteiger partial charge in [0, 0.05) is 6.42 Å². The number of aromatic amines is 1. The number of aliphatic hydroxyl groups excluding tert-OH is 1. The summed E-state index contributed by atoms with van der Waals surface area (Å²) < 4.78 is 0. The van der Waals surface area contributed by atoms with Crippen molar-refractivity contribution in [2.75, 3.05) is 0 Å². The molecule has 0 spiro atoms. The van der Waals surface area contributed by atoms with Crippen LogP contribution in [0.3, 0.4) is 0 Å². The Morgan fingerprint density at radius 2 is 2.06 bits per heavy atom. The zero-order valence-electron chi connectivity index (χ0n) is 9.62. The molecule has 0 aliphatic carbocycles. The SMILES string of the molecule is Cc1ccc(Cc2ncc(CO)[nH]2)cc1C. The van der Waals surface area contributed by atoms with Crippen molar-refractivity contribution < 1.29 is 5.11 Å². The van der Waals surface area contributed by atoms with Gasteiger partial charge in [-0.3, -0.25) is 0 Å². The first-order valence-electron chi connectivity index (χ1n) is 5.39. The van der Waals surface area contributed by atoms with Crippen LogP contribution in [0.1, 0.15) is 28.2 Å². The highest BCUT2D eigenvalue weighted by Gasteiger charge is 2.02. The molecule has 0 saturated heterocycles. The molecule has 1 aromatic heterocycles. The number of H-pyrrole nitrogens is 1. The van der Waals surface area contributed by atoms with Gasteiger partial charge in [-0.05, 0) is 30.5 Å². The lowest BCUT2D eigenvalue weighted by Gasteiger charge is -2.03. The van der Waals surface area contributed by atoms with Gasteiger partial charge in [0.25, 0.3) is 0 Å². The molecule has 0 amide bonds. The Morgan fingerprint density at radius 1 is 1.25 bits per heavy atom. The van der Waals surface area contributed by atoms with Gasteiger partial charge in [-0.25, -0.2) is 4.98 Å². The molecule has 0 atom stereocenters. The number of nitrogens with zero attached hydrogens (tertiary/aromatic N) is 1. The first kappa shape index (κ1) is 10.9. The number of aromatic nitrogens is 2. The van der Waals surface area contributed by atoms with Crippen molar-refractivity contribution in [3.63, 3.8) is 0 Å². The lowest BCUT2D eigenvalue weighted by Crippen LogP contribution is -1.93. The third-order valence-electron chi connectivity index (χ3n) is 2.79. The normalized spacial score (nSPS) is 10.7. The minimum atomic E-state index is 0.0138. The fourth-order valence-corrected chi connectivity index (χ4v) is 1.68. The van der Waals surface area contributed by atoms with E-state index in [0.717, 1.165) is 17.9 Å². The molecule has 0 fully saturated rings. The van der Waals surface area contributed by atoms with Gasteiger partial charge >= 0.3 is 0 Å². The molecule has 84 valence electrons. The van der Waals surface area contributed by atoms with Crippen molar-refractivity contribution in [2.45, 2.75) is 26.9 Å². The van der Waals surface area contributed by atoms with E-state index in [9.17, 15) is 0 Å². The topological polar surface area (TPSA) is 48.9 Å². The molecule has 0 bridgehead atoms. The van der Waals surface area contributed by atoms with E-state index in [1.54, 1.807) is 6.20 Å². The van der Waals surface area contributed by atoms with Gasteiger partial charge in [-0.1, -0.05) is 18.2 Å². The standard InChI is InChI=1S/C13H16N2O/c1-9-3-4-11(5-10(9)2)6-13-14-7-12(8-16)15-13/h3-5,7,16H,6,8H2,1-2H3,(H,14,15). The molecular weight excluding hydrogens is 200 g/mol. The van der Waals surface area contributed by atoms with E-state index >= 15 is 0 Å². The van der Waals surface area contributed by atoms with Gasteiger partial charge in [0.2, 0.25) is 0 Å². The summed E-state index contributed by atoms with van der Waals surface area (Å²) in [6.45, 7) is 4.23. The molecule has 0 aliphatic heterocycles. The molecule has 16 heavy (non-hydrogen) atoms. The number of hydrogen-bond donors (Lipinski definition) is 2. The first-order chi connectivity index (χ1) is 7.69. The molecule has 3 heteroatoms. The van der Waals surface area contributed by atoms with Crippen LogP contribution in [0, 0.1) is 13.8 Å². The third kappa shape index (κ3) is 2.31. The Bertz CT molecular complexity index is 488. The second-order valence-corrected chi connectivity index (χ2v) is 4.11. The Balaban J connectivity index is 2.17. The zero-order valence-corrected chi connectivity index (χ0v) is 9.62. The Kier molecular flexibility index (Phi) is 3.06. The van der Waals surface area contributed by atoms with Crippen molar-refractivity contribution in [3.8, 4) is 0 Å². The minimum Gasteiger partial charge on any atom is -0.390 e. The summed E-state index contributed by atoms with van der Waals surface area (Å²) in [5.41, 5.74) is 4.60. The Labute approximate surface area is 95.2 Å². The van der Waals surface area contributed by atoms with Gasteiger partial charge in [0.1, 0.15) is 5.82 Å². The minimum absolute atomic E-state index is 0.0138. The van der Waals surface area contributed by atoms with Gasteiger partial charge in [0.05, 0.1) is 18.5 Å². The number of imidazole rings is 1.